The lowest BCUT2D eigenvalue weighted by Gasteiger charge is -2.14. The Balaban J connectivity index is 1.45. The van der Waals surface area contributed by atoms with Gasteiger partial charge in [0.25, 0.3) is 11.6 Å². The van der Waals surface area contributed by atoms with Crippen LogP contribution >= 0.6 is 27.7 Å². The van der Waals surface area contributed by atoms with Crippen molar-refractivity contribution in [2.45, 2.75) is 25.4 Å². The Labute approximate surface area is 221 Å². The normalized spacial score (nSPS) is 16.0. The van der Waals surface area contributed by atoms with Crippen LogP contribution < -0.4 is 20.1 Å². The number of nitro groups is 1. The maximum absolute atomic E-state index is 12.6. The van der Waals surface area contributed by atoms with Crippen LogP contribution in [0.15, 0.2) is 70.0 Å². The first-order valence-electron chi connectivity index (χ1n) is 11.1. The first kappa shape index (κ1) is 25.6. The Morgan fingerprint density at radius 3 is 2.47 bits per heavy atom. The van der Waals surface area contributed by atoms with E-state index < -0.39 is 4.92 Å². The number of nitro benzene ring substituents is 1. The van der Waals surface area contributed by atoms with Gasteiger partial charge in [0.05, 0.1) is 21.4 Å². The van der Waals surface area contributed by atoms with Crippen LogP contribution in [-0.4, -0.2) is 23.4 Å². The van der Waals surface area contributed by atoms with Gasteiger partial charge in [-0.15, -0.1) is 0 Å². The summed E-state index contributed by atoms with van der Waals surface area (Å²) >= 11 is 4.94. The first-order valence-corrected chi connectivity index (χ1v) is 12.8. The Kier molecular flexibility index (Phi) is 8.17. The number of nitrogens with zero attached hydrogens (tertiary/aromatic N) is 1. The summed E-state index contributed by atoms with van der Waals surface area (Å²) in [7, 11) is 1.54. The van der Waals surface area contributed by atoms with Gasteiger partial charge in [0, 0.05) is 17.8 Å². The standard InChI is InChI=1S/C26H24BrN3O5S/c1-3-16-4-8-19(9-5-16)28-26-29-25(31)23(36-26)14-18-12-21(27)24(22(13-18)34-2)35-15-17-6-10-20(11-7-17)30(32)33/h4-14,26,28H,3,15H2,1-2H3,(H,29,31)/b23-14-/t26-/m0/s1. The number of carbonyl (C=O) groups is 1. The number of non-ortho nitro benzene ring substituents is 1. The number of amides is 1. The van der Waals surface area contributed by atoms with Crippen LogP contribution in [0.2, 0.25) is 0 Å². The van der Waals surface area contributed by atoms with E-state index in [2.05, 4.69) is 45.6 Å². The summed E-state index contributed by atoms with van der Waals surface area (Å²) in [6, 6.07) is 18.0. The van der Waals surface area contributed by atoms with E-state index in [-0.39, 0.29) is 23.7 Å². The Morgan fingerprint density at radius 2 is 1.83 bits per heavy atom. The van der Waals surface area contributed by atoms with Crippen molar-refractivity contribution >= 4 is 51.0 Å². The minimum atomic E-state index is -0.442. The molecule has 0 unspecified atom stereocenters. The largest absolute Gasteiger partial charge is 0.493 e. The van der Waals surface area contributed by atoms with Gasteiger partial charge in [-0.05, 0) is 81.5 Å². The third-order valence-corrected chi connectivity index (χ3v) is 7.09. The van der Waals surface area contributed by atoms with Crippen molar-refractivity contribution in [3.05, 3.63) is 96.8 Å². The van der Waals surface area contributed by atoms with E-state index in [0.717, 1.165) is 23.2 Å². The number of methoxy groups -OCH3 is 1. The number of ether oxygens (including phenoxy) is 2. The molecule has 0 spiro atoms. The number of aryl methyl sites for hydroxylation is 1. The molecule has 2 N–H and O–H groups in total. The van der Waals surface area contributed by atoms with Gasteiger partial charge in [-0.2, -0.15) is 0 Å². The predicted molar refractivity (Wildman–Crippen MR) is 145 cm³/mol. The second-order valence-corrected chi connectivity index (χ2v) is 9.92. The summed E-state index contributed by atoms with van der Waals surface area (Å²) in [6.45, 7) is 2.32. The van der Waals surface area contributed by atoms with Gasteiger partial charge in [0.2, 0.25) is 0 Å². The zero-order valence-electron chi connectivity index (χ0n) is 19.6. The number of hydrogen-bond acceptors (Lipinski definition) is 7. The SMILES string of the molecule is CCc1ccc(N[C@H]2NC(=O)/C(=C/c3cc(Br)c(OCc4ccc([N+](=O)[O-])cc4)c(OC)c3)S2)cc1. The third-order valence-electron chi connectivity index (χ3n) is 5.47. The number of benzene rings is 3. The van der Waals surface area contributed by atoms with Gasteiger partial charge in [-0.25, -0.2) is 0 Å². The lowest BCUT2D eigenvalue weighted by atomic mass is 10.1. The van der Waals surface area contributed by atoms with Crippen LogP contribution in [0.4, 0.5) is 11.4 Å². The van der Waals surface area contributed by atoms with E-state index in [1.807, 2.05) is 18.2 Å². The fourth-order valence-electron chi connectivity index (χ4n) is 3.54. The molecule has 0 bridgehead atoms. The number of halogens is 1. The number of nitrogens with one attached hydrogen (secondary N) is 2. The lowest BCUT2D eigenvalue weighted by molar-refractivity contribution is -0.384. The highest BCUT2D eigenvalue weighted by molar-refractivity contribution is 9.10. The molecule has 10 heteroatoms. The highest BCUT2D eigenvalue weighted by Crippen LogP contribution is 2.39. The zero-order chi connectivity index (χ0) is 25.7. The summed E-state index contributed by atoms with van der Waals surface area (Å²) in [6.07, 6.45) is 2.78. The van der Waals surface area contributed by atoms with Gasteiger partial charge >= 0.3 is 0 Å². The Hall–Kier alpha value is -3.50. The monoisotopic (exact) mass is 569 g/mol. The summed E-state index contributed by atoms with van der Waals surface area (Å²) in [5.41, 5.74) is 3.49. The topological polar surface area (TPSA) is 103 Å². The molecule has 1 aliphatic rings. The molecule has 1 fully saturated rings. The molecule has 0 radical (unpaired) electrons. The molecule has 1 heterocycles. The molecule has 1 saturated heterocycles. The van der Waals surface area contributed by atoms with Crippen molar-refractivity contribution in [3.8, 4) is 11.5 Å². The van der Waals surface area contributed by atoms with Crippen molar-refractivity contribution in [2.24, 2.45) is 0 Å². The molecular weight excluding hydrogens is 546 g/mol. The first-order chi connectivity index (χ1) is 17.4. The van der Waals surface area contributed by atoms with Gasteiger partial charge in [-0.1, -0.05) is 30.8 Å². The van der Waals surface area contributed by atoms with Crippen LogP contribution in [0.5, 0.6) is 11.5 Å². The second kappa shape index (κ2) is 11.5. The van der Waals surface area contributed by atoms with Crippen LogP contribution in [-0.2, 0) is 17.8 Å². The van der Waals surface area contributed by atoms with Crippen molar-refractivity contribution in [2.75, 3.05) is 12.4 Å². The Bertz CT molecular complexity index is 1300. The van der Waals surface area contributed by atoms with Crippen molar-refractivity contribution < 1.29 is 19.2 Å². The van der Waals surface area contributed by atoms with Crippen LogP contribution in [0.3, 0.4) is 0 Å². The number of carbonyl (C=O) groups excluding carboxylic acids is 1. The minimum Gasteiger partial charge on any atom is -0.493 e. The number of hydrogen-bond donors (Lipinski definition) is 2. The summed E-state index contributed by atoms with van der Waals surface area (Å²) in [4.78, 5) is 23.5. The molecule has 1 atom stereocenters. The molecule has 1 amide bonds. The van der Waals surface area contributed by atoms with Crippen molar-refractivity contribution in [1.82, 2.24) is 5.32 Å². The predicted octanol–water partition coefficient (Wildman–Crippen LogP) is 6.11. The van der Waals surface area contributed by atoms with Gasteiger partial charge in [0.15, 0.2) is 17.0 Å². The van der Waals surface area contributed by atoms with Crippen molar-refractivity contribution in [1.29, 1.82) is 0 Å². The van der Waals surface area contributed by atoms with Crippen molar-refractivity contribution in [3.63, 3.8) is 0 Å². The van der Waals surface area contributed by atoms with Gasteiger partial charge in [0.1, 0.15) is 6.61 Å². The molecule has 4 rings (SSSR count). The molecule has 0 aliphatic carbocycles. The van der Waals surface area contributed by atoms with Crippen LogP contribution in [0.1, 0.15) is 23.6 Å². The molecule has 0 aromatic heterocycles. The maximum atomic E-state index is 12.6. The number of rotatable bonds is 9. The molecule has 8 nitrogen and oxygen atoms in total. The maximum Gasteiger partial charge on any atom is 0.269 e. The highest BCUT2D eigenvalue weighted by atomic mass is 79.9. The van der Waals surface area contributed by atoms with E-state index in [1.165, 1.54) is 36.6 Å². The highest BCUT2D eigenvalue weighted by Gasteiger charge is 2.27. The fourth-order valence-corrected chi connectivity index (χ4v) is 5.10. The van der Waals surface area contributed by atoms with E-state index in [9.17, 15) is 14.9 Å². The molecule has 3 aromatic carbocycles. The zero-order valence-corrected chi connectivity index (χ0v) is 22.0. The molecule has 1 aliphatic heterocycles. The summed E-state index contributed by atoms with van der Waals surface area (Å²) in [5.74, 6) is 0.833. The smallest absolute Gasteiger partial charge is 0.269 e. The lowest BCUT2D eigenvalue weighted by Crippen LogP contribution is -2.30. The van der Waals surface area contributed by atoms with E-state index >= 15 is 0 Å². The van der Waals surface area contributed by atoms with Crippen LogP contribution in [0.25, 0.3) is 6.08 Å². The number of thioether (sulfide) groups is 1. The van der Waals surface area contributed by atoms with E-state index in [4.69, 9.17) is 9.47 Å². The molecule has 0 saturated carbocycles. The molecule has 3 aromatic rings. The summed E-state index contributed by atoms with van der Waals surface area (Å²) < 4.78 is 12.1. The Morgan fingerprint density at radius 1 is 1.14 bits per heavy atom. The van der Waals surface area contributed by atoms with Gasteiger partial charge in [-0.3, -0.25) is 14.9 Å². The number of anilines is 1. The van der Waals surface area contributed by atoms with Gasteiger partial charge < -0.3 is 20.1 Å². The molecule has 186 valence electrons. The molecule has 36 heavy (non-hydrogen) atoms. The average molecular weight is 570 g/mol. The third kappa shape index (κ3) is 6.19. The fraction of sp³-hybridized carbons (Fsp3) is 0.192. The van der Waals surface area contributed by atoms with E-state index in [1.54, 1.807) is 24.3 Å². The summed E-state index contributed by atoms with van der Waals surface area (Å²) in [5, 5.41) is 17.1. The minimum absolute atomic E-state index is 0.0237. The quantitative estimate of drug-likeness (QED) is 0.182. The van der Waals surface area contributed by atoms with E-state index in [0.29, 0.717) is 20.9 Å². The second-order valence-electron chi connectivity index (χ2n) is 7.92. The molecular formula is C26H24BrN3O5S. The van der Waals surface area contributed by atoms with Crippen LogP contribution in [0, 0.1) is 10.1 Å². The average Bonchev–Trinajstić information content (AvgIpc) is 3.21.